The Morgan fingerprint density at radius 1 is 1.28 bits per heavy atom. The van der Waals surface area contributed by atoms with E-state index in [0.717, 1.165) is 55.3 Å². The number of anilines is 3. The lowest BCUT2D eigenvalue weighted by molar-refractivity contribution is 0.102. The highest BCUT2D eigenvalue weighted by Gasteiger charge is 2.29. The van der Waals surface area contributed by atoms with Crippen molar-refractivity contribution in [3.63, 3.8) is 0 Å². The number of carbonyl (C=O) groups is 1. The Bertz CT molecular complexity index is 1130. The summed E-state index contributed by atoms with van der Waals surface area (Å²) < 4.78 is 30.0. The molecule has 0 unspecified atom stereocenters. The fraction of sp³-hybridized carbons (Fsp3) is 0.381. The fourth-order valence-electron chi connectivity index (χ4n) is 3.98. The number of benzene rings is 1. The Balaban J connectivity index is 1.62. The van der Waals surface area contributed by atoms with Crippen LogP contribution >= 0.6 is 11.3 Å². The number of thiazole rings is 1. The van der Waals surface area contributed by atoms with Crippen LogP contribution < -0.4 is 16.0 Å². The maximum absolute atomic E-state index is 14.1. The van der Waals surface area contributed by atoms with Crippen LogP contribution in [0.15, 0.2) is 24.4 Å². The first-order valence-corrected chi connectivity index (χ1v) is 11.1. The number of halogens is 2. The van der Waals surface area contributed by atoms with E-state index in [0.29, 0.717) is 5.69 Å². The third kappa shape index (κ3) is 4.05. The summed E-state index contributed by atoms with van der Waals surface area (Å²) in [4.78, 5) is 21.7. The molecule has 1 aliphatic heterocycles. The number of aryl methyl sites for hydroxylation is 1. The molecule has 1 aromatic carbocycles. The van der Waals surface area contributed by atoms with Crippen LogP contribution in [0.5, 0.6) is 0 Å². The van der Waals surface area contributed by atoms with Crippen LogP contribution in [-0.4, -0.2) is 58.3 Å². The third-order valence-corrected chi connectivity index (χ3v) is 6.53. The molecule has 1 atom stereocenters. The first-order chi connectivity index (χ1) is 15.3. The molecule has 11 heteroatoms. The van der Waals surface area contributed by atoms with Gasteiger partial charge in [-0.05, 0) is 25.6 Å². The lowest BCUT2D eigenvalue weighted by Crippen LogP contribution is -2.52. The van der Waals surface area contributed by atoms with Gasteiger partial charge < -0.3 is 20.9 Å². The van der Waals surface area contributed by atoms with Crippen molar-refractivity contribution in [2.75, 3.05) is 42.6 Å². The minimum Gasteiger partial charge on any atom is -0.389 e. The zero-order valence-electron chi connectivity index (χ0n) is 18.1. The van der Waals surface area contributed by atoms with Crippen LogP contribution in [0, 0.1) is 11.6 Å². The molecule has 0 aliphatic carbocycles. The molecule has 1 fully saturated rings. The standard InChI is InChI=1S/C21H25F2N7OS/c1-4-12-11-28(2)8-9-30(12)21-15(10-25-29(21)3)26-19(31)17-18(24)32-20(27-17)16-13(22)6-5-7-14(16)23/h5-7,10,12H,4,8-9,11,24H2,1-3H3,(H,26,31)/t12-/m0/s1. The summed E-state index contributed by atoms with van der Waals surface area (Å²) in [5.41, 5.74) is 6.15. The molecule has 2 aromatic heterocycles. The number of aromatic nitrogens is 3. The predicted octanol–water partition coefficient (Wildman–Crippen LogP) is 3.19. The van der Waals surface area contributed by atoms with Gasteiger partial charge in [-0.15, -0.1) is 0 Å². The van der Waals surface area contributed by atoms with E-state index < -0.39 is 17.5 Å². The zero-order chi connectivity index (χ0) is 23.0. The topological polar surface area (TPSA) is 92.3 Å². The summed E-state index contributed by atoms with van der Waals surface area (Å²) in [5, 5.41) is 7.25. The number of nitrogens with zero attached hydrogens (tertiary/aromatic N) is 5. The van der Waals surface area contributed by atoms with E-state index in [-0.39, 0.29) is 27.3 Å². The summed E-state index contributed by atoms with van der Waals surface area (Å²) in [6.07, 6.45) is 2.53. The van der Waals surface area contributed by atoms with Gasteiger partial charge in [-0.2, -0.15) is 5.10 Å². The maximum atomic E-state index is 14.1. The number of nitrogens with one attached hydrogen (secondary N) is 1. The van der Waals surface area contributed by atoms with Crippen LogP contribution in [0.2, 0.25) is 0 Å². The van der Waals surface area contributed by atoms with Crippen LogP contribution in [0.3, 0.4) is 0 Å². The van der Waals surface area contributed by atoms with Gasteiger partial charge in [0.15, 0.2) is 11.5 Å². The fourth-order valence-corrected chi connectivity index (χ4v) is 4.86. The SMILES string of the molecule is CC[C@H]1CN(C)CCN1c1c(NC(=O)c2nc(-c3c(F)cccc3F)sc2N)cnn1C. The maximum Gasteiger partial charge on any atom is 0.277 e. The van der Waals surface area contributed by atoms with Gasteiger partial charge in [-0.25, -0.2) is 13.8 Å². The normalized spacial score (nSPS) is 17.0. The van der Waals surface area contributed by atoms with Gasteiger partial charge in [-0.3, -0.25) is 9.48 Å². The second-order valence-corrected chi connectivity index (χ2v) is 8.84. The van der Waals surface area contributed by atoms with Crippen LogP contribution in [0.1, 0.15) is 23.8 Å². The summed E-state index contributed by atoms with van der Waals surface area (Å²) >= 11 is 0.865. The van der Waals surface area contributed by atoms with Crippen molar-refractivity contribution in [3.8, 4) is 10.6 Å². The molecule has 3 aromatic rings. The summed E-state index contributed by atoms with van der Waals surface area (Å²) in [7, 11) is 3.92. The monoisotopic (exact) mass is 461 g/mol. The molecule has 0 bridgehead atoms. The Morgan fingerprint density at radius 3 is 2.69 bits per heavy atom. The molecule has 3 heterocycles. The van der Waals surface area contributed by atoms with Crippen molar-refractivity contribution < 1.29 is 13.6 Å². The largest absolute Gasteiger partial charge is 0.389 e. The minimum atomic E-state index is -0.763. The Labute approximate surface area is 188 Å². The lowest BCUT2D eigenvalue weighted by Gasteiger charge is -2.41. The predicted molar refractivity (Wildman–Crippen MR) is 122 cm³/mol. The van der Waals surface area contributed by atoms with Crippen LogP contribution in [0.4, 0.5) is 25.3 Å². The first-order valence-electron chi connectivity index (χ1n) is 10.3. The van der Waals surface area contributed by atoms with Crippen molar-refractivity contribution in [2.45, 2.75) is 19.4 Å². The van der Waals surface area contributed by atoms with E-state index in [4.69, 9.17) is 5.73 Å². The summed E-state index contributed by atoms with van der Waals surface area (Å²) in [5.74, 6) is -1.28. The van der Waals surface area contributed by atoms with E-state index in [1.54, 1.807) is 10.9 Å². The Hall–Kier alpha value is -3.05. The third-order valence-electron chi connectivity index (χ3n) is 5.63. The average molecular weight is 462 g/mol. The van der Waals surface area contributed by atoms with Crippen molar-refractivity contribution >= 4 is 33.8 Å². The van der Waals surface area contributed by atoms with Crippen molar-refractivity contribution in [1.29, 1.82) is 0 Å². The van der Waals surface area contributed by atoms with E-state index in [2.05, 4.69) is 39.2 Å². The highest BCUT2D eigenvalue weighted by atomic mass is 32.1. The number of amides is 1. The van der Waals surface area contributed by atoms with Gasteiger partial charge in [0.2, 0.25) is 0 Å². The molecule has 0 spiro atoms. The average Bonchev–Trinajstić information content (AvgIpc) is 3.30. The van der Waals surface area contributed by atoms with Crippen molar-refractivity contribution in [3.05, 3.63) is 41.7 Å². The Morgan fingerprint density at radius 2 is 2.00 bits per heavy atom. The number of hydrogen-bond acceptors (Lipinski definition) is 7. The van der Waals surface area contributed by atoms with Gasteiger partial charge in [-0.1, -0.05) is 24.3 Å². The second kappa shape index (κ2) is 8.83. The Kier molecular flexibility index (Phi) is 6.11. The molecular formula is C21H25F2N7OS. The molecular weight excluding hydrogens is 436 g/mol. The molecule has 32 heavy (non-hydrogen) atoms. The number of nitrogens with two attached hydrogens (primary N) is 1. The smallest absolute Gasteiger partial charge is 0.277 e. The molecule has 4 rings (SSSR count). The van der Waals surface area contributed by atoms with E-state index >= 15 is 0 Å². The number of likely N-dealkylation sites (N-methyl/N-ethyl adjacent to an activating group) is 1. The van der Waals surface area contributed by atoms with E-state index in [1.807, 2.05) is 7.05 Å². The van der Waals surface area contributed by atoms with E-state index in [1.165, 1.54) is 6.07 Å². The number of hydrogen-bond donors (Lipinski definition) is 2. The minimum absolute atomic E-state index is 0.0137. The molecule has 1 saturated heterocycles. The molecule has 8 nitrogen and oxygen atoms in total. The molecule has 3 N–H and O–H groups in total. The molecule has 1 aliphatic rings. The van der Waals surface area contributed by atoms with Gasteiger partial charge in [0.25, 0.3) is 5.91 Å². The molecule has 0 radical (unpaired) electrons. The number of carbonyl (C=O) groups excluding carboxylic acids is 1. The highest BCUT2D eigenvalue weighted by Crippen LogP contribution is 2.35. The summed E-state index contributed by atoms with van der Waals surface area (Å²) in [6, 6.07) is 3.82. The van der Waals surface area contributed by atoms with Crippen LogP contribution in [-0.2, 0) is 7.05 Å². The van der Waals surface area contributed by atoms with E-state index in [9.17, 15) is 13.6 Å². The quantitative estimate of drug-likeness (QED) is 0.606. The number of rotatable bonds is 5. The number of piperazine rings is 1. The van der Waals surface area contributed by atoms with Gasteiger partial charge in [0, 0.05) is 32.7 Å². The second-order valence-electron chi connectivity index (χ2n) is 7.81. The van der Waals surface area contributed by atoms with Gasteiger partial charge >= 0.3 is 0 Å². The van der Waals surface area contributed by atoms with Crippen LogP contribution in [0.25, 0.3) is 10.6 Å². The molecule has 170 valence electrons. The zero-order valence-corrected chi connectivity index (χ0v) is 18.9. The summed E-state index contributed by atoms with van der Waals surface area (Å²) in [6.45, 7) is 4.73. The highest BCUT2D eigenvalue weighted by molar-refractivity contribution is 7.19. The van der Waals surface area contributed by atoms with Gasteiger partial charge in [0.05, 0.1) is 11.8 Å². The van der Waals surface area contributed by atoms with Crippen molar-refractivity contribution in [1.82, 2.24) is 19.7 Å². The first kappa shape index (κ1) is 22.2. The van der Waals surface area contributed by atoms with Gasteiger partial charge in [0.1, 0.15) is 27.3 Å². The lowest BCUT2D eigenvalue weighted by atomic mass is 10.1. The molecule has 1 amide bonds. The van der Waals surface area contributed by atoms with Crippen molar-refractivity contribution in [2.24, 2.45) is 7.05 Å². The number of nitrogen functional groups attached to an aromatic ring is 1. The molecule has 0 saturated carbocycles.